The number of nitro groups is 1. The van der Waals surface area contributed by atoms with E-state index in [4.69, 9.17) is 11.6 Å². The molecule has 0 radical (unpaired) electrons. The van der Waals surface area contributed by atoms with Crippen LogP contribution in [-0.4, -0.2) is 35.5 Å². The summed E-state index contributed by atoms with van der Waals surface area (Å²) in [5.74, 6) is -0.742. The minimum Gasteiger partial charge on any atom is -0.341 e. The first kappa shape index (κ1) is 16.2. The van der Waals surface area contributed by atoms with E-state index >= 15 is 0 Å². The lowest BCUT2D eigenvalue weighted by Gasteiger charge is -2.18. The van der Waals surface area contributed by atoms with Crippen LogP contribution in [0.1, 0.15) is 16.8 Å². The molecule has 1 amide bonds. The van der Waals surface area contributed by atoms with Crippen molar-refractivity contribution in [2.75, 3.05) is 13.6 Å². The second-order valence-corrected chi connectivity index (χ2v) is 4.42. The molecular weight excluding hydrogens is 301 g/mol. The third-order valence-corrected chi connectivity index (χ3v) is 2.79. The number of nitrogens with zero attached hydrogens (tertiary/aromatic N) is 2. The standard InChI is InChI=1S/C11H10ClF3N2O3/c1-16(5-4-11(13,14)15)10(18)7-2-3-8(12)9(6-7)17(19)20/h2-3,6H,4-5H2,1H3. The van der Waals surface area contributed by atoms with Crippen molar-refractivity contribution in [1.29, 1.82) is 0 Å². The average Bonchev–Trinajstić information content (AvgIpc) is 2.34. The molecule has 0 unspecified atom stereocenters. The van der Waals surface area contributed by atoms with Gasteiger partial charge in [0.05, 0.1) is 11.3 Å². The fourth-order valence-corrected chi connectivity index (χ4v) is 1.59. The molecule has 1 rings (SSSR count). The zero-order valence-electron chi connectivity index (χ0n) is 10.3. The van der Waals surface area contributed by atoms with Crippen LogP contribution in [-0.2, 0) is 0 Å². The number of alkyl halides is 3. The van der Waals surface area contributed by atoms with Crippen molar-refractivity contribution in [3.05, 3.63) is 38.9 Å². The van der Waals surface area contributed by atoms with Crippen LogP contribution in [0, 0.1) is 10.1 Å². The van der Waals surface area contributed by atoms with E-state index in [0.29, 0.717) is 0 Å². The molecule has 0 atom stereocenters. The normalized spacial score (nSPS) is 11.2. The summed E-state index contributed by atoms with van der Waals surface area (Å²) in [7, 11) is 1.19. The monoisotopic (exact) mass is 310 g/mol. The number of benzene rings is 1. The van der Waals surface area contributed by atoms with Crippen molar-refractivity contribution in [1.82, 2.24) is 4.90 Å². The Kier molecular flexibility index (Phi) is 4.93. The number of carbonyl (C=O) groups excluding carboxylic acids is 1. The molecule has 1 aromatic rings. The summed E-state index contributed by atoms with van der Waals surface area (Å²) in [6.45, 7) is -0.529. The van der Waals surface area contributed by atoms with Crippen LogP contribution in [0.2, 0.25) is 5.02 Å². The van der Waals surface area contributed by atoms with Crippen LogP contribution in [0.4, 0.5) is 18.9 Å². The maximum atomic E-state index is 12.1. The minimum atomic E-state index is -4.37. The Morgan fingerprint density at radius 1 is 1.45 bits per heavy atom. The van der Waals surface area contributed by atoms with Gasteiger partial charge in [0.15, 0.2) is 0 Å². The summed E-state index contributed by atoms with van der Waals surface area (Å²) in [5, 5.41) is 10.5. The first-order chi connectivity index (χ1) is 9.11. The van der Waals surface area contributed by atoms with E-state index in [1.807, 2.05) is 0 Å². The summed E-state index contributed by atoms with van der Waals surface area (Å²) >= 11 is 5.58. The zero-order chi connectivity index (χ0) is 15.5. The Labute approximate surface area is 117 Å². The molecule has 5 nitrogen and oxygen atoms in total. The molecule has 0 aromatic heterocycles. The van der Waals surface area contributed by atoms with Gasteiger partial charge >= 0.3 is 6.18 Å². The molecule has 9 heteroatoms. The number of amides is 1. The van der Waals surface area contributed by atoms with E-state index in [-0.39, 0.29) is 10.6 Å². The summed E-state index contributed by atoms with van der Waals surface area (Å²) in [6.07, 6.45) is -5.52. The topological polar surface area (TPSA) is 63.5 Å². The van der Waals surface area contributed by atoms with Gasteiger partial charge in [-0.15, -0.1) is 0 Å². The highest BCUT2D eigenvalue weighted by Gasteiger charge is 2.28. The second kappa shape index (κ2) is 6.08. The fraction of sp³-hybridized carbons (Fsp3) is 0.364. The van der Waals surface area contributed by atoms with E-state index in [0.717, 1.165) is 17.0 Å². The number of halogens is 4. The van der Waals surface area contributed by atoms with Crippen molar-refractivity contribution in [2.24, 2.45) is 0 Å². The summed E-state index contributed by atoms with van der Waals surface area (Å²) in [5.41, 5.74) is -0.562. The molecular formula is C11H10ClF3N2O3. The third-order valence-electron chi connectivity index (χ3n) is 2.47. The van der Waals surface area contributed by atoms with Crippen LogP contribution in [0.3, 0.4) is 0 Å². The highest BCUT2D eigenvalue weighted by molar-refractivity contribution is 6.32. The zero-order valence-corrected chi connectivity index (χ0v) is 11.0. The van der Waals surface area contributed by atoms with Crippen molar-refractivity contribution in [3.63, 3.8) is 0 Å². The molecule has 0 fully saturated rings. The molecule has 0 spiro atoms. The minimum absolute atomic E-state index is 0.0919. The lowest BCUT2D eigenvalue weighted by atomic mass is 10.1. The van der Waals surface area contributed by atoms with Gasteiger partial charge in [-0.1, -0.05) is 11.6 Å². The van der Waals surface area contributed by atoms with Gasteiger partial charge < -0.3 is 4.90 Å². The fourth-order valence-electron chi connectivity index (χ4n) is 1.40. The number of carbonyl (C=O) groups is 1. The number of rotatable bonds is 4. The van der Waals surface area contributed by atoms with Gasteiger partial charge in [0.1, 0.15) is 5.02 Å². The van der Waals surface area contributed by atoms with E-state index in [2.05, 4.69) is 0 Å². The molecule has 0 aliphatic rings. The number of nitro benzene ring substituents is 1. The molecule has 0 aliphatic heterocycles. The summed E-state index contributed by atoms with van der Waals surface area (Å²) in [4.78, 5) is 22.6. The van der Waals surface area contributed by atoms with Gasteiger partial charge in [-0.2, -0.15) is 13.2 Å². The molecule has 0 N–H and O–H groups in total. The Morgan fingerprint density at radius 3 is 2.55 bits per heavy atom. The largest absolute Gasteiger partial charge is 0.390 e. The lowest BCUT2D eigenvalue weighted by Crippen LogP contribution is -2.30. The smallest absolute Gasteiger partial charge is 0.341 e. The Bertz CT molecular complexity index is 534. The highest BCUT2D eigenvalue weighted by Crippen LogP contribution is 2.26. The molecule has 20 heavy (non-hydrogen) atoms. The quantitative estimate of drug-likeness (QED) is 0.633. The van der Waals surface area contributed by atoms with Gasteiger partial charge in [-0.25, -0.2) is 0 Å². The highest BCUT2D eigenvalue weighted by atomic mass is 35.5. The van der Waals surface area contributed by atoms with Gasteiger partial charge in [0.2, 0.25) is 0 Å². The van der Waals surface area contributed by atoms with E-state index < -0.39 is 35.7 Å². The Balaban J connectivity index is 2.87. The average molecular weight is 311 g/mol. The third kappa shape index (κ3) is 4.37. The number of hydrogen-bond acceptors (Lipinski definition) is 3. The molecule has 110 valence electrons. The van der Waals surface area contributed by atoms with Gasteiger partial charge in [0, 0.05) is 25.2 Å². The molecule has 0 heterocycles. The second-order valence-electron chi connectivity index (χ2n) is 4.02. The van der Waals surface area contributed by atoms with Crippen LogP contribution < -0.4 is 0 Å². The maximum absolute atomic E-state index is 12.1. The van der Waals surface area contributed by atoms with Crippen LogP contribution in [0.15, 0.2) is 18.2 Å². The lowest BCUT2D eigenvalue weighted by molar-refractivity contribution is -0.384. The first-order valence-corrected chi connectivity index (χ1v) is 5.76. The predicted molar refractivity (Wildman–Crippen MR) is 65.7 cm³/mol. The maximum Gasteiger partial charge on any atom is 0.390 e. The van der Waals surface area contributed by atoms with Gasteiger partial charge in [0.25, 0.3) is 11.6 Å². The van der Waals surface area contributed by atoms with Crippen molar-refractivity contribution < 1.29 is 22.9 Å². The van der Waals surface area contributed by atoms with Gasteiger partial charge in [-0.3, -0.25) is 14.9 Å². The van der Waals surface area contributed by atoms with E-state index in [1.54, 1.807) is 0 Å². The summed E-state index contributed by atoms with van der Waals surface area (Å²) in [6, 6.07) is 3.32. The Hall–Kier alpha value is -1.83. The SMILES string of the molecule is CN(CCC(F)(F)F)C(=O)c1ccc(Cl)c([N+](=O)[O-])c1. The van der Waals surface area contributed by atoms with Gasteiger partial charge in [-0.05, 0) is 12.1 Å². The van der Waals surface area contributed by atoms with Crippen LogP contribution >= 0.6 is 11.6 Å². The van der Waals surface area contributed by atoms with Crippen molar-refractivity contribution in [3.8, 4) is 0 Å². The van der Waals surface area contributed by atoms with E-state index in [9.17, 15) is 28.1 Å². The van der Waals surface area contributed by atoms with Crippen molar-refractivity contribution in [2.45, 2.75) is 12.6 Å². The van der Waals surface area contributed by atoms with Crippen LogP contribution in [0.25, 0.3) is 0 Å². The molecule has 0 bridgehead atoms. The predicted octanol–water partition coefficient (Wildman–Crippen LogP) is 3.27. The van der Waals surface area contributed by atoms with Crippen LogP contribution in [0.5, 0.6) is 0 Å². The molecule has 0 saturated carbocycles. The summed E-state index contributed by atoms with van der Waals surface area (Å²) < 4.78 is 36.2. The molecule has 0 saturated heterocycles. The number of hydrogen-bond donors (Lipinski definition) is 0. The first-order valence-electron chi connectivity index (χ1n) is 5.38. The molecule has 0 aliphatic carbocycles. The molecule has 1 aromatic carbocycles. The van der Waals surface area contributed by atoms with Crippen molar-refractivity contribution >= 4 is 23.2 Å². The van der Waals surface area contributed by atoms with E-state index in [1.165, 1.54) is 13.1 Å². The Morgan fingerprint density at radius 2 is 2.05 bits per heavy atom.